The Morgan fingerprint density at radius 1 is 1.22 bits per heavy atom. The number of primary amides is 1. The lowest BCUT2D eigenvalue weighted by atomic mass is 10.0. The Bertz CT molecular complexity index is 991. The Morgan fingerprint density at radius 3 is 2.59 bits per heavy atom. The standard InChI is InChI=1S/C21H19N3O2S/c1-13-6-5-9-16(10-13)24-20(26)18(11-15-8-4-3-7-14(15)2)27-21(24)17(12-22)19(23)25/h3-10,18H,11H2,1-2H3,(H2,23,25)/b21-17+/t18-/m1/s1. The van der Waals surface area contributed by atoms with Crippen LogP contribution in [0, 0.1) is 25.2 Å². The highest BCUT2D eigenvalue weighted by Gasteiger charge is 2.40. The maximum atomic E-state index is 13.2. The molecule has 1 saturated heterocycles. The minimum atomic E-state index is -0.831. The van der Waals surface area contributed by atoms with Gasteiger partial charge in [-0.3, -0.25) is 14.5 Å². The van der Waals surface area contributed by atoms with Crippen molar-refractivity contribution >= 4 is 29.3 Å². The van der Waals surface area contributed by atoms with Crippen molar-refractivity contribution < 1.29 is 9.59 Å². The number of nitrogens with zero attached hydrogens (tertiary/aromatic N) is 2. The van der Waals surface area contributed by atoms with Crippen LogP contribution >= 0.6 is 11.8 Å². The number of hydrogen-bond donors (Lipinski definition) is 1. The van der Waals surface area contributed by atoms with Gasteiger partial charge in [-0.15, -0.1) is 0 Å². The Hall–Kier alpha value is -3.04. The van der Waals surface area contributed by atoms with Crippen molar-refractivity contribution in [3.05, 3.63) is 75.8 Å². The van der Waals surface area contributed by atoms with Crippen molar-refractivity contribution in [2.75, 3.05) is 4.90 Å². The first kappa shape index (κ1) is 18.7. The molecular formula is C21H19N3O2S. The smallest absolute Gasteiger partial charge is 0.262 e. The minimum absolute atomic E-state index is 0.155. The fourth-order valence-electron chi connectivity index (χ4n) is 3.04. The number of aryl methyl sites for hydroxylation is 2. The molecule has 0 radical (unpaired) electrons. The van der Waals surface area contributed by atoms with Crippen molar-refractivity contribution in [2.24, 2.45) is 5.73 Å². The van der Waals surface area contributed by atoms with E-state index in [2.05, 4.69) is 0 Å². The molecule has 3 rings (SSSR count). The molecular weight excluding hydrogens is 358 g/mol. The van der Waals surface area contributed by atoms with Gasteiger partial charge in [0, 0.05) is 5.69 Å². The molecule has 1 heterocycles. The summed E-state index contributed by atoms with van der Waals surface area (Å²) in [5.74, 6) is -0.986. The average molecular weight is 377 g/mol. The van der Waals surface area contributed by atoms with E-state index < -0.39 is 11.2 Å². The molecule has 2 amide bonds. The van der Waals surface area contributed by atoms with Crippen LogP contribution in [-0.2, 0) is 16.0 Å². The summed E-state index contributed by atoms with van der Waals surface area (Å²) in [7, 11) is 0. The number of rotatable bonds is 4. The molecule has 1 aliphatic rings. The van der Waals surface area contributed by atoms with Crippen LogP contribution in [0.3, 0.4) is 0 Å². The highest BCUT2D eigenvalue weighted by molar-refractivity contribution is 8.05. The van der Waals surface area contributed by atoms with Gasteiger partial charge >= 0.3 is 0 Å². The van der Waals surface area contributed by atoms with Crippen LogP contribution in [0.25, 0.3) is 0 Å². The van der Waals surface area contributed by atoms with Crippen molar-refractivity contribution in [3.63, 3.8) is 0 Å². The molecule has 0 spiro atoms. The summed E-state index contributed by atoms with van der Waals surface area (Å²) in [5, 5.41) is 9.30. The average Bonchev–Trinajstić information content (AvgIpc) is 2.93. The zero-order valence-electron chi connectivity index (χ0n) is 15.1. The minimum Gasteiger partial charge on any atom is -0.365 e. The maximum absolute atomic E-state index is 13.2. The van der Waals surface area contributed by atoms with Crippen molar-refractivity contribution in [1.82, 2.24) is 0 Å². The van der Waals surface area contributed by atoms with Gasteiger partial charge in [0.25, 0.3) is 5.91 Å². The molecule has 0 aromatic heterocycles. The second-order valence-electron chi connectivity index (χ2n) is 6.41. The van der Waals surface area contributed by atoms with E-state index in [1.54, 1.807) is 6.07 Å². The quantitative estimate of drug-likeness (QED) is 0.655. The Balaban J connectivity index is 2.06. The van der Waals surface area contributed by atoms with Crippen molar-refractivity contribution in [1.29, 1.82) is 5.26 Å². The molecule has 6 heteroatoms. The van der Waals surface area contributed by atoms with E-state index in [1.165, 1.54) is 16.7 Å². The van der Waals surface area contributed by atoms with Crippen LogP contribution in [0.5, 0.6) is 0 Å². The zero-order valence-corrected chi connectivity index (χ0v) is 15.9. The molecule has 0 bridgehead atoms. The van der Waals surface area contributed by atoms with Crippen LogP contribution in [0.1, 0.15) is 16.7 Å². The third kappa shape index (κ3) is 3.74. The molecule has 5 nitrogen and oxygen atoms in total. The normalized spacial score (nSPS) is 18.3. The Morgan fingerprint density at radius 2 is 1.96 bits per heavy atom. The van der Waals surface area contributed by atoms with E-state index in [9.17, 15) is 14.9 Å². The van der Waals surface area contributed by atoms with Crippen LogP contribution in [0.4, 0.5) is 5.69 Å². The lowest BCUT2D eigenvalue weighted by Gasteiger charge is -2.18. The van der Waals surface area contributed by atoms with E-state index in [0.29, 0.717) is 17.1 Å². The van der Waals surface area contributed by atoms with E-state index in [1.807, 2.05) is 62.4 Å². The lowest BCUT2D eigenvalue weighted by molar-refractivity contribution is -0.117. The summed E-state index contributed by atoms with van der Waals surface area (Å²) in [4.78, 5) is 26.4. The number of carbonyl (C=O) groups is 2. The topological polar surface area (TPSA) is 87.2 Å². The highest BCUT2D eigenvalue weighted by Crippen LogP contribution is 2.42. The van der Waals surface area contributed by atoms with Crippen LogP contribution in [0.15, 0.2) is 59.1 Å². The summed E-state index contributed by atoms with van der Waals surface area (Å²) < 4.78 is 0. The summed E-state index contributed by atoms with van der Waals surface area (Å²) >= 11 is 1.22. The molecule has 2 aromatic carbocycles. The number of nitriles is 1. The van der Waals surface area contributed by atoms with E-state index in [-0.39, 0.29) is 11.5 Å². The number of thioether (sulfide) groups is 1. The Kier molecular flexibility index (Phi) is 5.33. The molecule has 0 unspecified atom stereocenters. The molecule has 0 aliphatic carbocycles. The second kappa shape index (κ2) is 7.68. The van der Waals surface area contributed by atoms with Gasteiger partial charge in [0.15, 0.2) is 0 Å². The summed E-state index contributed by atoms with van der Waals surface area (Å²) in [5.41, 5.74) is 8.97. The van der Waals surface area contributed by atoms with Gasteiger partial charge in [-0.25, -0.2) is 0 Å². The van der Waals surface area contributed by atoms with Crippen LogP contribution in [-0.4, -0.2) is 17.1 Å². The summed E-state index contributed by atoms with van der Waals surface area (Å²) in [6.07, 6.45) is 0.513. The predicted molar refractivity (Wildman–Crippen MR) is 107 cm³/mol. The van der Waals surface area contributed by atoms with E-state index in [0.717, 1.165) is 16.7 Å². The molecule has 0 saturated carbocycles. The number of nitrogens with two attached hydrogens (primary N) is 1. The molecule has 2 N–H and O–H groups in total. The summed E-state index contributed by atoms with van der Waals surface area (Å²) in [6.45, 7) is 3.92. The third-order valence-corrected chi connectivity index (χ3v) is 5.71. The SMILES string of the molecule is Cc1cccc(N2C(=O)[C@@H](Cc3ccccc3C)S/C2=C(\C#N)C(N)=O)c1. The fraction of sp³-hybridized carbons (Fsp3) is 0.190. The summed E-state index contributed by atoms with van der Waals surface area (Å²) in [6, 6.07) is 17.1. The monoisotopic (exact) mass is 377 g/mol. The van der Waals surface area contributed by atoms with Crippen LogP contribution in [0.2, 0.25) is 0 Å². The lowest BCUT2D eigenvalue weighted by Crippen LogP contribution is -2.31. The first-order valence-corrected chi connectivity index (χ1v) is 9.36. The van der Waals surface area contributed by atoms with Crippen molar-refractivity contribution in [2.45, 2.75) is 25.5 Å². The largest absolute Gasteiger partial charge is 0.365 e. The molecule has 2 aromatic rings. The molecule has 1 fully saturated rings. The predicted octanol–water partition coefficient (Wildman–Crippen LogP) is 3.22. The van der Waals surface area contributed by atoms with Crippen molar-refractivity contribution in [3.8, 4) is 6.07 Å². The number of benzene rings is 2. The van der Waals surface area contributed by atoms with Gasteiger partial charge in [0.2, 0.25) is 5.91 Å². The van der Waals surface area contributed by atoms with Gasteiger partial charge in [-0.05, 0) is 49.1 Å². The first-order valence-electron chi connectivity index (χ1n) is 8.48. The van der Waals surface area contributed by atoms with Gasteiger partial charge in [-0.1, -0.05) is 48.2 Å². The van der Waals surface area contributed by atoms with Gasteiger partial charge in [0.05, 0.1) is 5.25 Å². The number of hydrogen-bond acceptors (Lipinski definition) is 4. The number of anilines is 1. The fourth-order valence-corrected chi connectivity index (χ4v) is 4.34. The first-order chi connectivity index (χ1) is 12.9. The van der Waals surface area contributed by atoms with Crippen LogP contribution < -0.4 is 10.6 Å². The maximum Gasteiger partial charge on any atom is 0.262 e. The molecule has 27 heavy (non-hydrogen) atoms. The number of carbonyl (C=O) groups excluding carboxylic acids is 2. The number of amides is 2. The molecule has 136 valence electrons. The van der Waals surface area contributed by atoms with E-state index in [4.69, 9.17) is 5.73 Å². The Labute approximate surface area is 162 Å². The zero-order chi connectivity index (χ0) is 19.6. The molecule has 1 aliphatic heterocycles. The van der Waals surface area contributed by atoms with Gasteiger partial charge in [0.1, 0.15) is 16.7 Å². The van der Waals surface area contributed by atoms with Gasteiger partial charge < -0.3 is 5.73 Å². The van der Waals surface area contributed by atoms with E-state index >= 15 is 0 Å². The third-order valence-electron chi connectivity index (χ3n) is 4.45. The molecule has 1 atom stereocenters. The second-order valence-corrected chi connectivity index (χ2v) is 7.60. The highest BCUT2D eigenvalue weighted by atomic mass is 32.2. The van der Waals surface area contributed by atoms with Gasteiger partial charge in [-0.2, -0.15) is 5.26 Å².